The van der Waals surface area contributed by atoms with Crippen molar-refractivity contribution >= 4 is 43.7 Å². The Kier molecular flexibility index (Phi) is 6.13. The molecule has 0 spiro atoms. The largest absolute Gasteiger partial charge is 0.271 e. The third-order valence-electron chi connectivity index (χ3n) is 6.22. The molecule has 1 N–H and O–H groups in total. The highest BCUT2D eigenvalue weighted by atomic mass is 32.2. The van der Waals surface area contributed by atoms with Crippen LogP contribution in [0.5, 0.6) is 0 Å². The van der Waals surface area contributed by atoms with Gasteiger partial charge in [-0.2, -0.15) is 9.41 Å². The number of hydrogen-bond donors (Lipinski definition) is 1. The number of hydrogen-bond acceptors (Lipinski definition) is 4. The van der Waals surface area contributed by atoms with E-state index in [9.17, 15) is 13.2 Å². The minimum absolute atomic E-state index is 0.131. The highest BCUT2D eigenvalue weighted by Crippen LogP contribution is 2.27. The first-order valence-electron chi connectivity index (χ1n) is 11.4. The fourth-order valence-electron chi connectivity index (χ4n) is 4.46. The van der Waals surface area contributed by atoms with Gasteiger partial charge in [-0.3, -0.25) is 4.79 Å². The molecule has 1 saturated heterocycles. The fourth-order valence-corrected chi connectivity index (χ4v) is 6.02. The predicted molar refractivity (Wildman–Crippen MR) is 136 cm³/mol. The lowest BCUT2D eigenvalue weighted by Crippen LogP contribution is -2.35. The number of sulfonamides is 1. The van der Waals surface area contributed by atoms with Gasteiger partial charge in [0.15, 0.2) is 0 Å². The number of carbonyl (C=O) groups excluding carboxylic acids is 1. The Hall–Kier alpha value is -3.55. The lowest BCUT2D eigenvalue weighted by molar-refractivity contribution is 0.0955. The normalized spacial score (nSPS) is 15.2. The Morgan fingerprint density at radius 2 is 1.47 bits per heavy atom. The number of nitrogens with one attached hydrogen (secondary N) is 1. The van der Waals surface area contributed by atoms with Gasteiger partial charge in [0.25, 0.3) is 5.91 Å². The lowest BCUT2D eigenvalue weighted by Gasteiger charge is -2.25. The highest BCUT2D eigenvalue weighted by Gasteiger charge is 2.26. The van der Waals surface area contributed by atoms with Crippen molar-refractivity contribution in [3.8, 4) is 0 Å². The molecule has 4 aromatic rings. The second kappa shape index (κ2) is 9.37. The van der Waals surface area contributed by atoms with E-state index in [-0.39, 0.29) is 10.5 Å². The molecule has 0 aromatic heterocycles. The van der Waals surface area contributed by atoms with Crippen molar-refractivity contribution in [2.45, 2.75) is 24.2 Å². The lowest BCUT2D eigenvalue weighted by atomic mass is 9.97. The number of carbonyl (C=O) groups is 1. The molecular formula is C27H25N3O3S. The molecule has 0 aliphatic carbocycles. The number of rotatable bonds is 5. The van der Waals surface area contributed by atoms with E-state index in [0.29, 0.717) is 13.1 Å². The van der Waals surface area contributed by atoms with Gasteiger partial charge in [-0.15, -0.1) is 0 Å². The molecule has 4 aromatic carbocycles. The van der Waals surface area contributed by atoms with Crippen LogP contribution in [0.15, 0.2) is 88.9 Å². The molecule has 0 unspecified atom stereocenters. The maximum Gasteiger partial charge on any atom is 0.271 e. The van der Waals surface area contributed by atoms with E-state index in [1.807, 2.05) is 48.5 Å². The van der Waals surface area contributed by atoms with Crippen molar-refractivity contribution < 1.29 is 13.2 Å². The van der Waals surface area contributed by atoms with Crippen molar-refractivity contribution in [2.24, 2.45) is 5.10 Å². The third kappa shape index (κ3) is 4.32. The smallest absolute Gasteiger partial charge is 0.267 e. The van der Waals surface area contributed by atoms with E-state index < -0.39 is 15.9 Å². The first-order chi connectivity index (χ1) is 16.5. The van der Waals surface area contributed by atoms with Gasteiger partial charge in [0.05, 0.1) is 11.1 Å². The first-order valence-corrected chi connectivity index (χ1v) is 12.8. The summed E-state index contributed by atoms with van der Waals surface area (Å²) in [6, 6.07) is 24.3. The summed E-state index contributed by atoms with van der Waals surface area (Å²) >= 11 is 0. The van der Waals surface area contributed by atoms with E-state index in [1.54, 1.807) is 18.3 Å². The molecule has 7 heteroatoms. The summed E-state index contributed by atoms with van der Waals surface area (Å²) in [6.45, 7) is 1.03. The molecule has 1 aliphatic heterocycles. The minimum Gasteiger partial charge on any atom is -0.267 e. The van der Waals surface area contributed by atoms with Crippen LogP contribution in [0.1, 0.15) is 35.2 Å². The molecule has 1 amide bonds. The zero-order chi connectivity index (χ0) is 23.5. The summed E-state index contributed by atoms with van der Waals surface area (Å²) < 4.78 is 27.4. The van der Waals surface area contributed by atoms with E-state index in [2.05, 4.69) is 16.6 Å². The van der Waals surface area contributed by atoms with Crippen molar-refractivity contribution in [3.05, 3.63) is 90.0 Å². The van der Waals surface area contributed by atoms with Crippen molar-refractivity contribution in [2.75, 3.05) is 13.1 Å². The molecule has 6 nitrogen and oxygen atoms in total. The molecule has 0 saturated carbocycles. The van der Waals surface area contributed by atoms with Crippen molar-refractivity contribution in [1.29, 1.82) is 0 Å². The fraction of sp³-hybridized carbons (Fsp3) is 0.185. The number of amides is 1. The topological polar surface area (TPSA) is 78.8 Å². The molecule has 0 bridgehead atoms. The van der Waals surface area contributed by atoms with E-state index in [0.717, 1.165) is 46.4 Å². The van der Waals surface area contributed by atoms with Crippen LogP contribution >= 0.6 is 0 Å². The average Bonchev–Trinajstić information content (AvgIpc) is 2.88. The van der Waals surface area contributed by atoms with Gasteiger partial charge in [0.1, 0.15) is 0 Å². The zero-order valence-corrected chi connectivity index (χ0v) is 19.5. The van der Waals surface area contributed by atoms with Crippen LogP contribution in [-0.2, 0) is 10.0 Å². The SMILES string of the molecule is O=C(NN=Cc1c2ccccc2cc2ccccc12)c1cccc(S(=O)(=O)N2CCCCC2)c1. The van der Waals surface area contributed by atoms with Gasteiger partial charge in [-0.25, -0.2) is 13.8 Å². The first kappa shape index (κ1) is 22.3. The highest BCUT2D eigenvalue weighted by molar-refractivity contribution is 7.89. The average molecular weight is 472 g/mol. The summed E-state index contributed by atoms with van der Waals surface area (Å²) in [5, 5.41) is 8.46. The third-order valence-corrected chi connectivity index (χ3v) is 8.12. The van der Waals surface area contributed by atoms with Gasteiger partial charge in [0.2, 0.25) is 10.0 Å². The van der Waals surface area contributed by atoms with Gasteiger partial charge in [-0.05, 0) is 58.7 Å². The van der Waals surface area contributed by atoms with Crippen LogP contribution in [0.25, 0.3) is 21.5 Å². The second-order valence-electron chi connectivity index (χ2n) is 8.42. The molecule has 1 heterocycles. The number of hydrazone groups is 1. The summed E-state index contributed by atoms with van der Waals surface area (Å²) in [4.78, 5) is 12.9. The second-order valence-corrected chi connectivity index (χ2v) is 10.4. The number of benzene rings is 4. The number of nitrogens with zero attached hydrogens (tertiary/aromatic N) is 2. The minimum atomic E-state index is -3.62. The Morgan fingerprint density at radius 3 is 2.15 bits per heavy atom. The van der Waals surface area contributed by atoms with Crippen LogP contribution in [0.3, 0.4) is 0 Å². The maximum absolute atomic E-state index is 13.0. The molecule has 1 aliphatic rings. The molecule has 1 fully saturated rings. The van der Waals surface area contributed by atoms with E-state index in [1.165, 1.54) is 16.4 Å². The molecule has 0 radical (unpaired) electrons. The molecule has 34 heavy (non-hydrogen) atoms. The molecular weight excluding hydrogens is 446 g/mol. The maximum atomic E-state index is 13.0. The van der Waals surface area contributed by atoms with Crippen molar-refractivity contribution in [3.63, 3.8) is 0 Å². The molecule has 172 valence electrons. The quantitative estimate of drug-likeness (QED) is 0.255. The van der Waals surface area contributed by atoms with Gasteiger partial charge in [-0.1, -0.05) is 61.0 Å². The summed E-state index contributed by atoms with van der Waals surface area (Å²) in [5.41, 5.74) is 3.72. The predicted octanol–water partition coefficient (Wildman–Crippen LogP) is 4.93. The summed E-state index contributed by atoms with van der Waals surface area (Å²) in [5.74, 6) is -0.462. The Labute approximate surface area is 198 Å². The standard InChI is InChI=1S/C27H25N3O3S/c31-27(22-11-8-12-23(18-22)34(32,33)30-15-6-1-7-16-30)29-28-19-26-24-13-4-2-9-20(24)17-21-10-3-5-14-25(21)26/h2-5,8-14,17-19H,1,6-7,15-16H2,(H,29,31). The van der Waals surface area contributed by atoms with E-state index >= 15 is 0 Å². The van der Waals surface area contributed by atoms with Crippen LogP contribution in [0.4, 0.5) is 0 Å². The number of piperidine rings is 1. The molecule has 5 rings (SSSR count). The molecule has 0 atom stereocenters. The summed E-state index contributed by atoms with van der Waals surface area (Å²) in [7, 11) is -3.62. The number of fused-ring (bicyclic) bond motifs is 2. The Morgan fingerprint density at radius 1 is 0.824 bits per heavy atom. The van der Waals surface area contributed by atoms with Crippen LogP contribution in [-0.4, -0.2) is 37.9 Å². The summed E-state index contributed by atoms with van der Waals surface area (Å²) in [6.07, 6.45) is 4.41. The van der Waals surface area contributed by atoms with Gasteiger partial charge < -0.3 is 0 Å². The zero-order valence-electron chi connectivity index (χ0n) is 18.6. The Balaban J connectivity index is 1.40. The Bertz CT molecular complexity index is 1450. The van der Waals surface area contributed by atoms with Crippen LogP contribution in [0, 0.1) is 0 Å². The van der Waals surface area contributed by atoms with Crippen LogP contribution < -0.4 is 5.43 Å². The van der Waals surface area contributed by atoms with Gasteiger partial charge >= 0.3 is 0 Å². The van der Waals surface area contributed by atoms with E-state index in [4.69, 9.17) is 0 Å². The monoisotopic (exact) mass is 471 g/mol. The van der Waals surface area contributed by atoms with Gasteiger partial charge in [0, 0.05) is 24.2 Å². The van der Waals surface area contributed by atoms with Crippen LogP contribution in [0.2, 0.25) is 0 Å². The van der Waals surface area contributed by atoms with Crippen molar-refractivity contribution in [1.82, 2.24) is 9.73 Å².